The van der Waals surface area contributed by atoms with Crippen LogP contribution in [0.25, 0.3) is 10.9 Å². The number of nitrogens with one attached hydrogen (secondary N) is 3. The summed E-state index contributed by atoms with van der Waals surface area (Å²) in [5.74, 6) is -1.02. The van der Waals surface area contributed by atoms with E-state index in [0.29, 0.717) is 12.1 Å². The van der Waals surface area contributed by atoms with E-state index in [4.69, 9.17) is 4.74 Å². The predicted molar refractivity (Wildman–Crippen MR) is 113 cm³/mol. The highest BCUT2D eigenvalue weighted by molar-refractivity contribution is 9.10. The van der Waals surface area contributed by atoms with Gasteiger partial charge in [-0.3, -0.25) is 9.59 Å². The van der Waals surface area contributed by atoms with Crippen molar-refractivity contribution in [1.29, 1.82) is 0 Å². The van der Waals surface area contributed by atoms with Crippen LogP contribution in [0.3, 0.4) is 0 Å². The molecule has 0 spiro atoms. The molecule has 2 atom stereocenters. The molecule has 0 fully saturated rings. The summed E-state index contributed by atoms with van der Waals surface area (Å²) in [7, 11) is 1.43. The van der Waals surface area contributed by atoms with Crippen LogP contribution in [0.1, 0.15) is 16.1 Å². The Balaban J connectivity index is 1.80. The number of H-pyrrole nitrogens is 1. The highest BCUT2D eigenvalue weighted by Gasteiger charge is 2.28. The van der Waals surface area contributed by atoms with Crippen LogP contribution in [0.4, 0.5) is 0 Å². The molecule has 2 aromatic carbocycles. The molecule has 3 rings (SSSR count). The number of ether oxygens (including phenoxy) is 1. The van der Waals surface area contributed by atoms with Gasteiger partial charge in [0.15, 0.2) is 6.10 Å². The number of amides is 2. The maximum atomic E-state index is 12.8. The van der Waals surface area contributed by atoms with E-state index in [-0.39, 0.29) is 6.73 Å². The number of benzene rings is 2. The molecule has 29 heavy (non-hydrogen) atoms. The number of carbonyl (C=O) groups excluding carboxylic acids is 2. The lowest BCUT2D eigenvalue weighted by molar-refractivity contribution is -0.132. The summed E-state index contributed by atoms with van der Waals surface area (Å²) in [6.07, 6.45) is -1.15. The summed E-state index contributed by atoms with van der Waals surface area (Å²) in [6.45, 7) is -0.0290. The van der Waals surface area contributed by atoms with E-state index in [1.165, 1.54) is 7.11 Å². The van der Waals surface area contributed by atoms with Crippen LogP contribution in [-0.2, 0) is 16.0 Å². The van der Waals surface area contributed by atoms with Gasteiger partial charge in [-0.25, -0.2) is 0 Å². The molecule has 0 aliphatic heterocycles. The minimum atomic E-state index is -1.44. The van der Waals surface area contributed by atoms with Crippen LogP contribution in [0.2, 0.25) is 0 Å². The fraction of sp³-hybridized carbons (Fsp3) is 0.238. The lowest BCUT2D eigenvalue weighted by Crippen LogP contribution is -2.52. The van der Waals surface area contributed by atoms with E-state index >= 15 is 0 Å². The summed E-state index contributed by atoms with van der Waals surface area (Å²) in [5.41, 5.74) is 2.05. The Morgan fingerprint density at radius 2 is 1.93 bits per heavy atom. The molecule has 7 nitrogen and oxygen atoms in total. The van der Waals surface area contributed by atoms with Crippen LogP contribution in [0.5, 0.6) is 0 Å². The first-order chi connectivity index (χ1) is 14.0. The van der Waals surface area contributed by atoms with Gasteiger partial charge in [-0.2, -0.15) is 0 Å². The second kappa shape index (κ2) is 9.69. The Hall–Kier alpha value is -2.68. The SMILES string of the molecule is COCNC(=O)[C@H](O)[C@H](Cc1ccccc1)NC(=O)c1cc2cc(Br)ccc2[nH]1. The first kappa shape index (κ1) is 21.0. The number of hydrogen-bond donors (Lipinski definition) is 4. The third-order valence-electron chi connectivity index (χ3n) is 4.48. The molecule has 0 bridgehead atoms. The Labute approximate surface area is 176 Å². The zero-order valence-electron chi connectivity index (χ0n) is 15.8. The van der Waals surface area contributed by atoms with Crippen molar-refractivity contribution in [2.75, 3.05) is 13.8 Å². The van der Waals surface area contributed by atoms with Gasteiger partial charge in [0, 0.05) is 22.5 Å². The molecule has 0 saturated heterocycles. The Morgan fingerprint density at radius 1 is 1.17 bits per heavy atom. The molecule has 0 radical (unpaired) electrons. The van der Waals surface area contributed by atoms with Crippen molar-refractivity contribution < 1.29 is 19.4 Å². The van der Waals surface area contributed by atoms with E-state index in [2.05, 4.69) is 31.5 Å². The van der Waals surface area contributed by atoms with Crippen molar-refractivity contribution >= 4 is 38.6 Å². The van der Waals surface area contributed by atoms with Gasteiger partial charge in [-0.1, -0.05) is 46.3 Å². The van der Waals surface area contributed by atoms with E-state index in [1.807, 2.05) is 48.5 Å². The molecule has 0 unspecified atom stereocenters. The standard InChI is InChI=1S/C21H22BrN3O4/c1-29-12-23-21(28)19(26)17(9-13-5-3-2-4-6-13)25-20(27)18-11-14-10-15(22)7-8-16(14)24-18/h2-8,10-11,17,19,24,26H,9,12H2,1H3,(H,23,28)(H,25,27)/t17-,19+/m0/s1. The smallest absolute Gasteiger partial charge is 0.268 e. The number of hydrogen-bond acceptors (Lipinski definition) is 4. The summed E-state index contributed by atoms with van der Waals surface area (Å²) >= 11 is 3.41. The lowest BCUT2D eigenvalue weighted by atomic mass is 10.0. The van der Waals surface area contributed by atoms with Crippen molar-refractivity contribution in [3.63, 3.8) is 0 Å². The number of aromatic nitrogens is 1. The molecule has 3 aromatic rings. The molecular formula is C21H22BrN3O4. The van der Waals surface area contributed by atoms with E-state index in [1.54, 1.807) is 6.07 Å². The zero-order chi connectivity index (χ0) is 20.8. The Morgan fingerprint density at radius 3 is 2.66 bits per heavy atom. The second-order valence-electron chi connectivity index (χ2n) is 6.60. The summed E-state index contributed by atoms with van der Waals surface area (Å²) < 4.78 is 5.72. The first-order valence-corrected chi connectivity index (χ1v) is 9.85. The van der Waals surface area contributed by atoms with Gasteiger partial charge in [0.2, 0.25) is 0 Å². The number of aliphatic hydroxyl groups is 1. The van der Waals surface area contributed by atoms with Gasteiger partial charge in [0.25, 0.3) is 11.8 Å². The minimum Gasteiger partial charge on any atom is -0.381 e. The Kier molecular flexibility index (Phi) is 7.03. The van der Waals surface area contributed by atoms with Crippen LogP contribution < -0.4 is 10.6 Å². The highest BCUT2D eigenvalue weighted by atomic mass is 79.9. The zero-order valence-corrected chi connectivity index (χ0v) is 17.4. The predicted octanol–water partition coefficient (Wildman–Crippen LogP) is 2.35. The summed E-state index contributed by atoms with van der Waals surface area (Å²) in [4.78, 5) is 28.1. The van der Waals surface area contributed by atoms with Crippen LogP contribution in [-0.4, -0.2) is 47.9 Å². The van der Waals surface area contributed by atoms with Crippen LogP contribution in [0.15, 0.2) is 59.1 Å². The number of methoxy groups -OCH3 is 1. The molecule has 0 saturated carbocycles. The largest absolute Gasteiger partial charge is 0.381 e. The fourth-order valence-electron chi connectivity index (χ4n) is 3.01. The molecule has 2 amide bonds. The molecule has 0 aliphatic carbocycles. The molecule has 8 heteroatoms. The molecule has 0 aliphatic rings. The van der Waals surface area contributed by atoms with Crippen LogP contribution >= 0.6 is 15.9 Å². The van der Waals surface area contributed by atoms with Crippen molar-refractivity contribution in [1.82, 2.24) is 15.6 Å². The number of fused-ring (bicyclic) bond motifs is 1. The van der Waals surface area contributed by atoms with E-state index in [9.17, 15) is 14.7 Å². The maximum Gasteiger partial charge on any atom is 0.268 e. The molecular weight excluding hydrogens is 438 g/mol. The number of carbonyl (C=O) groups is 2. The monoisotopic (exact) mass is 459 g/mol. The van der Waals surface area contributed by atoms with Crippen molar-refractivity contribution in [3.8, 4) is 0 Å². The van der Waals surface area contributed by atoms with Gasteiger partial charge in [0.05, 0.1) is 6.04 Å². The quantitative estimate of drug-likeness (QED) is 0.388. The van der Waals surface area contributed by atoms with E-state index in [0.717, 1.165) is 20.9 Å². The Bertz CT molecular complexity index is 990. The van der Waals surface area contributed by atoms with E-state index < -0.39 is 24.0 Å². The van der Waals surface area contributed by atoms with Crippen molar-refractivity contribution in [2.45, 2.75) is 18.6 Å². The second-order valence-corrected chi connectivity index (χ2v) is 7.52. The number of aromatic amines is 1. The number of aliphatic hydroxyl groups excluding tert-OH is 1. The fourth-order valence-corrected chi connectivity index (χ4v) is 3.39. The van der Waals surface area contributed by atoms with Crippen molar-refractivity contribution in [2.24, 2.45) is 0 Å². The maximum absolute atomic E-state index is 12.8. The average Bonchev–Trinajstić information content (AvgIpc) is 3.15. The summed E-state index contributed by atoms with van der Waals surface area (Å²) in [6, 6.07) is 15.9. The first-order valence-electron chi connectivity index (χ1n) is 9.05. The number of halogens is 1. The molecule has 1 aromatic heterocycles. The van der Waals surface area contributed by atoms with Gasteiger partial charge in [0.1, 0.15) is 12.4 Å². The third-order valence-corrected chi connectivity index (χ3v) is 4.98. The molecule has 1 heterocycles. The van der Waals surface area contributed by atoms with Gasteiger partial charge in [-0.15, -0.1) is 0 Å². The normalized spacial score (nSPS) is 13.1. The summed E-state index contributed by atoms with van der Waals surface area (Å²) in [5, 5.41) is 16.7. The lowest BCUT2D eigenvalue weighted by Gasteiger charge is -2.23. The minimum absolute atomic E-state index is 0.0290. The van der Waals surface area contributed by atoms with Crippen molar-refractivity contribution in [3.05, 3.63) is 70.3 Å². The average molecular weight is 460 g/mol. The van der Waals surface area contributed by atoms with Crippen LogP contribution in [0, 0.1) is 0 Å². The number of rotatable bonds is 8. The van der Waals surface area contributed by atoms with Gasteiger partial charge >= 0.3 is 0 Å². The molecule has 152 valence electrons. The van der Waals surface area contributed by atoms with Gasteiger partial charge in [-0.05, 0) is 36.2 Å². The topological polar surface area (TPSA) is 103 Å². The third kappa shape index (κ3) is 5.44. The molecule has 4 N–H and O–H groups in total. The highest BCUT2D eigenvalue weighted by Crippen LogP contribution is 2.20. The van der Waals surface area contributed by atoms with Gasteiger partial charge < -0.3 is 25.5 Å².